The molecule has 1 aliphatic rings. The molecule has 1 fully saturated rings. The average molecular weight is 589 g/mol. The lowest BCUT2D eigenvalue weighted by atomic mass is 9.83. The fraction of sp³-hybridized carbons (Fsp3) is 0.903. The second-order valence-electron chi connectivity index (χ2n) is 10.9. The third kappa shape index (κ3) is 17.1. The normalized spacial score (nSPS) is 15.7. The van der Waals surface area contributed by atoms with Crippen molar-refractivity contribution in [3.8, 4) is 0 Å². The summed E-state index contributed by atoms with van der Waals surface area (Å²) < 4.78 is 50.8. The molecule has 0 aliphatic heterocycles. The Balaban J connectivity index is -0.000000186. The lowest BCUT2D eigenvalue weighted by Gasteiger charge is -2.37. The molecule has 9 heteroatoms. The van der Waals surface area contributed by atoms with E-state index < -0.39 is 36.2 Å². The summed E-state index contributed by atoms with van der Waals surface area (Å²) in [6, 6.07) is 0. The van der Waals surface area contributed by atoms with Crippen LogP contribution in [-0.4, -0.2) is 42.4 Å². The number of alkyl halides is 3. The van der Waals surface area contributed by atoms with Crippen LogP contribution in [0.2, 0.25) is 0 Å². The Kier molecular flexibility index (Phi) is 25.2. The predicted octanol–water partition coefficient (Wildman–Crippen LogP) is 9.86. The highest BCUT2D eigenvalue weighted by Crippen LogP contribution is 2.35. The molecule has 0 aromatic heterocycles. The molecular formula is C31H63F3O6. The first-order valence-corrected chi connectivity index (χ1v) is 13.1. The van der Waals surface area contributed by atoms with Crippen LogP contribution in [0.15, 0.2) is 0 Å². The van der Waals surface area contributed by atoms with Gasteiger partial charge in [-0.1, -0.05) is 69.7 Å². The highest BCUT2D eigenvalue weighted by Gasteiger charge is 2.40. The van der Waals surface area contributed by atoms with Gasteiger partial charge >= 0.3 is 24.1 Å². The van der Waals surface area contributed by atoms with Crippen molar-refractivity contribution in [3.05, 3.63) is 0 Å². The summed E-state index contributed by atoms with van der Waals surface area (Å²) in [6.45, 7) is 13.1. The van der Waals surface area contributed by atoms with Gasteiger partial charge in [0.1, 0.15) is 5.60 Å². The number of hydrogen-bond donors (Lipinski definition) is 0. The Morgan fingerprint density at radius 2 is 1.15 bits per heavy atom. The van der Waals surface area contributed by atoms with Crippen LogP contribution in [-0.2, 0) is 28.6 Å². The molecule has 1 aliphatic carbocycles. The Hall–Kier alpha value is -1.80. The molecule has 1 rings (SSSR count). The van der Waals surface area contributed by atoms with Crippen LogP contribution >= 0.6 is 0 Å². The summed E-state index contributed by atoms with van der Waals surface area (Å²) in [5, 5.41) is 0. The smallest absolute Gasteiger partial charge is 0.425 e. The van der Waals surface area contributed by atoms with Crippen LogP contribution in [0.4, 0.5) is 13.2 Å². The van der Waals surface area contributed by atoms with Crippen molar-refractivity contribution in [2.24, 2.45) is 10.8 Å². The first-order valence-electron chi connectivity index (χ1n) is 13.1. The average Bonchev–Trinajstić information content (AvgIpc) is 2.78. The molecule has 1 atom stereocenters. The Morgan fingerprint density at radius 1 is 0.750 bits per heavy atom. The van der Waals surface area contributed by atoms with Gasteiger partial charge in [-0.3, -0.25) is 9.59 Å². The molecule has 40 heavy (non-hydrogen) atoms. The molecule has 244 valence electrons. The summed E-state index contributed by atoms with van der Waals surface area (Å²) in [5.41, 5.74) is -1.30. The van der Waals surface area contributed by atoms with Gasteiger partial charge in [0.05, 0.1) is 10.8 Å². The van der Waals surface area contributed by atoms with Crippen LogP contribution in [0.3, 0.4) is 0 Å². The molecule has 0 bridgehead atoms. The molecule has 0 aromatic carbocycles. The quantitative estimate of drug-likeness (QED) is 0.197. The Morgan fingerprint density at radius 3 is 1.52 bits per heavy atom. The molecular weight excluding hydrogens is 525 g/mol. The summed E-state index contributed by atoms with van der Waals surface area (Å²) in [7, 11) is 0. The van der Waals surface area contributed by atoms with Crippen molar-refractivity contribution in [2.75, 3.05) is 6.61 Å². The lowest BCUT2D eigenvalue weighted by molar-refractivity contribution is -0.218. The highest BCUT2D eigenvalue weighted by atomic mass is 19.4. The van der Waals surface area contributed by atoms with Crippen LogP contribution in [0.5, 0.6) is 0 Å². The van der Waals surface area contributed by atoms with E-state index in [2.05, 4.69) is 23.3 Å². The molecule has 6 nitrogen and oxygen atoms in total. The lowest BCUT2D eigenvalue weighted by Crippen LogP contribution is -2.40. The van der Waals surface area contributed by atoms with E-state index in [0.717, 1.165) is 25.7 Å². The standard InChI is InChI=1S/C16H30O2.C11H17F3O4.4CH4/c1-5-15(3,4)14(17)18-16(6-2)12-10-8-7-9-11-13-16;1-5-10(3,4)9(16)17-6-8(15)18-7(2)11(12,13)14;;;;/h5-13H2,1-4H3;7H,5-6H2,1-4H3;4*1H4. The molecule has 0 aromatic rings. The van der Waals surface area contributed by atoms with Crippen molar-refractivity contribution in [1.29, 1.82) is 0 Å². The van der Waals surface area contributed by atoms with Gasteiger partial charge in [0, 0.05) is 0 Å². The first-order chi connectivity index (χ1) is 16.5. The summed E-state index contributed by atoms with van der Waals surface area (Å²) in [4.78, 5) is 34.8. The molecule has 0 heterocycles. The highest BCUT2D eigenvalue weighted by molar-refractivity contribution is 5.79. The predicted molar refractivity (Wildman–Crippen MR) is 159 cm³/mol. The maximum absolute atomic E-state index is 12.3. The van der Waals surface area contributed by atoms with Crippen LogP contribution < -0.4 is 0 Å². The van der Waals surface area contributed by atoms with Crippen LogP contribution in [0.25, 0.3) is 0 Å². The largest absolute Gasteiger partial charge is 0.459 e. The Bertz CT molecular complexity index is 694. The third-order valence-corrected chi connectivity index (χ3v) is 7.18. The van der Waals surface area contributed by atoms with E-state index in [-0.39, 0.29) is 46.7 Å². The van der Waals surface area contributed by atoms with E-state index in [4.69, 9.17) is 4.74 Å². The molecule has 0 amide bonds. The molecule has 0 spiro atoms. The van der Waals surface area contributed by atoms with Gasteiger partial charge in [0.2, 0.25) is 0 Å². The zero-order chi connectivity index (χ0) is 28.2. The van der Waals surface area contributed by atoms with E-state index in [1.807, 2.05) is 13.8 Å². The van der Waals surface area contributed by atoms with Gasteiger partial charge in [0.15, 0.2) is 12.7 Å². The summed E-state index contributed by atoms with van der Waals surface area (Å²) in [5.74, 6) is -1.88. The maximum Gasteiger partial charge on any atom is 0.425 e. The minimum atomic E-state index is -4.62. The van der Waals surface area contributed by atoms with Gasteiger partial charge in [0.25, 0.3) is 0 Å². The van der Waals surface area contributed by atoms with Gasteiger partial charge < -0.3 is 14.2 Å². The molecule has 1 saturated carbocycles. The van der Waals surface area contributed by atoms with E-state index in [1.54, 1.807) is 20.8 Å². The molecule has 1 unspecified atom stereocenters. The van der Waals surface area contributed by atoms with Gasteiger partial charge in [-0.15, -0.1) is 0 Å². The molecule has 0 N–H and O–H groups in total. The summed E-state index contributed by atoms with van der Waals surface area (Å²) in [6.07, 6.45) is 3.86. The maximum atomic E-state index is 12.3. The van der Waals surface area contributed by atoms with E-state index in [9.17, 15) is 27.6 Å². The number of carbonyl (C=O) groups is 3. The number of halogens is 3. The van der Waals surface area contributed by atoms with Gasteiger partial charge in [-0.2, -0.15) is 13.2 Å². The Labute approximate surface area is 244 Å². The summed E-state index contributed by atoms with van der Waals surface area (Å²) >= 11 is 0. The van der Waals surface area contributed by atoms with Crippen molar-refractivity contribution in [1.82, 2.24) is 0 Å². The first kappa shape index (κ1) is 48.0. The number of carbonyl (C=O) groups excluding carboxylic acids is 3. The van der Waals surface area contributed by atoms with Crippen molar-refractivity contribution >= 4 is 17.9 Å². The minimum Gasteiger partial charge on any atom is -0.459 e. The fourth-order valence-electron chi connectivity index (χ4n) is 3.32. The van der Waals surface area contributed by atoms with Gasteiger partial charge in [-0.25, -0.2) is 4.79 Å². The van der Waals surface area contributed by atoms with Crippen molar-refractivity contribution in [2.45, 2.75) is 167 Å². The number of hydrogen-bond acceptors (Lipinski definition) is 6. The molecule has 0 radical (unpaired) electrons. The second-order valence-corrected chi connectivity index (χ2v) is 10.9. The zero-order valence-corrected chi connectivity index (χ0v) is 23.4. The monoisotopic (exact) mass is 588 g/mol. The fourth-order valence-corrected chi connectivity index (χ4v) is 3.32. The van der Waals surface area contributed by atoms with E-state index in [1.165, 1.54) is 32.1 Å². The third-order valence-electron chi connectivity index (χ3n) is 7.18. The SMILES string of the molecule is C.C.C.C.CCC(C)(C)C(=O)OCC(=O)OC(C)C(F)(F)F.CCC1(OC(=O)C(C)(C)CC)CCCCCCC1. The van der Waals surface area contributed by atoms with E-state index >= 15 is 0 Å². The van der Waals surface area contributed by atoms with E-state index in [0.29, 0.717) is 13.3 Å². The van der Waals surface area contributed by atoms with Crippen molar-refractivity contribution in [3.63, 3.8) is 0 Å². The van der Waals surface area contributed by atoms with Gasteiger partial charge in [-0.05, 0) is 79.6 Å². The number of ether oxygens (including phenoxy) is 3. The second kappa shape index (κ2) is 21.0. The molecule has 0 saturated heterocycles. The minimum absolute atomic E-state index is 0. The van der Waals surface area contributed by atoms with Crippen LogP contribution in [0.1, 0.15) is 149 Å². The number of rotatable bonds is 9. The van der Waals surface area contributed by atoms with Crippen LogP contribution in [0, 0.1) is 10.8 Å². The number of esters is 3. The zero-order valence-electron chi connectivity index (χ0n) is 23.4. The topological polar surface area (TPSA) is 78.9 Å². The van der Waals surface area contributed by atoms with Crippen molar-refractivity contribution < 1.29 is 41.8 Å².